The maximum atomic E-state index is 11.9. The molecule has 0 radical (unpaired) electrons. The first kappa shape index (κ1) is 10.6. The SMILES string of the molecule is O=C1OC2(CCCNC2)CN1c1ccccc1. The molecule has 2 aliphatic heterocycles. The first-order valence-electron chi connectivity index (χ1n) is 6.05. The van der Waals surface area contributed by atoms with Crippen molar-refractivity contribution in [1.29, 1.82) is 0 Å². The van der Waals surface area contributed by atoms with Crippen molar-refractivity contribution in [3.8, 4) is 0 Å². The number of amides is 1. The summed E-state index contributed by atoms with van der Waals surface area (Å²) < 4.78 is 5.58. The summed E-state index contributed by atoms with van der Waals surface area (Å²) in [7, 11) is 0. The summed E-state index contributed by atoms with van der Waals surface area (Å²) in [6.07, 6.45) is 1.80. The van der Waals surface area contributed by atoms with Gasteiger partial charge in [0.05, 0.1) is 6.54 Å². The van der Waals surface area contributed by atoms with Gasteiger partial charge in [0.25, 0.3) is 0 Å². The molecule has 3 rings (SSSR count). The Balaban J connectivity index is 1.82. The predicted octanol–water partition coefficient (Wildman–Crippen LogP) is 1.77. The van der Waals surface area contributed by atoms with E-state index in [2.05, 4.69) is 5.32 Å². The Labute approximate surface area is 101 Å². The average Bonchev–Trinajstić information content (AvgIpc) is 2.68. The molecule has 1 amide bonds. The molecule has 4 nitrogen and oxygen atoms in total. The highest BCUT2D eigenvalue weighted by molar-refractivity contribution is 5.90. The van der Waals surface area contributed by atoms with E-state index in [1.165, 1.54) is 0 Å². The van der Waals surface area contributed by atoms with Gasteiger partial charge in [0.1, 0.15) is 5.60 Å². The summed E-state index contributed by atoms with van der Waals surface area (Å²) in [6, 6.07) is 9.70. The molecule has 1 N–H and O–H groups in total. The van der Waals surface area contributed by atoms with Crippen LogP contribution in [0, 0.1) is 0 Å². The molecule has 2 aliphatic rings. The average molecular weight is 232 g/mol. The highest BCUT2D eigenvalue weighted by Crippen LogP contribution is 2.32. The number of carbonyl (C=O) groups excluding carboxylic acids is 1. The third kappa shape index (κ3) is 1.89. The summed E-state index contributed by atoms with van der Waals surface area (Å²) in [6.45, 7) is 2.44. The molecule has 1 spiro atoms. The van der Waals surface area contributed by atoms with Crippen LogP contribution in [0.5, 0.6) is 0 Å². The van der Waals surface area contributed by atoms with Crippen LogP contribution in [-0.4, -0.2) is 31.3 Å². The number of rotatable bonds is 1. The molecule has 0 bridgehead atoms. The van der Waals surface area contributed by atoms with Crippen molar-refractivity contribution >= 4 is 11.8 Å². The van der Waals surface area contributed by atoms with Crippen molar-refractivity contribution in [3.63, 3.8) is 0 Å². The Morgan fingerprint density at radius 2 is 2.12 bits per heavy atom. The van der Waals surface area contributed by atoms with Crippen LogP contribution in [-0.2, 0) is 4.74 Å². The largest absolute Gasteiger partial charge is 0.439 e. The van der Waals surface area contributed by atoms with Gasteiger partial charge in [0.2, 0.25) is 0 Å². The molecule has 2 saturated heterocycles. The van der Waals surface area contributed by atoms with Crippen LogP contribution in [0.15, 0.2) is 30.3 Å². The van der Waals surface area contributed by atoms with E-state index in [-0.39, 0.29) is 11.7 Å². The fraction of sp³-hybridized carbons (Fsp3) is 0.462. The van der Waals surface area contributed by atoms with E-state index in [9.17, 15) is 4.79 Å². The van der Waals surface area contributed by atoms with Gasteiger partial charge in [0, 0.05) is 12.2 Å². The third-order valence-corrected chi connectivity index (χ3v) is 3.47. The van der Waals surface area contributed by atoms with E-state index in [1.54, 1.807) is 4.90 Å². The topological polar surface area (TPSA) is 41.6 Å². The van der Waals surface area contributed by atoms with Gasteiger partial charge in [-0.25, -0.2) is 4.79 Å². The second-order valence-corrected chi connectivity index (χ2v) is 4.75. The number of nitrogens with one attached hydrogen (secondary N) is 1. The van der Waals surface area contributed by atoms with Crippen LogP contribution < -0.4 is 10.2 Å². The fourth-order valence-corrected chi connectivity index (χ4v) is 2.59. The highest BCUT2D eigenvalue weighted by atomic mass is 16.6. The lowest BCUT2D eigenvalue weighted by molar-refractivity contribution is 0.0366. The molecule has 17 heavy (non-hydrogen) atoms. The normalized spacial score (nSPS) is 28.5. The number of benzene rings is 1. The number of carbonyl (C=O) groups is 1. The number of piperidine rings is 1. The molecule has 0 saturated carbocycles. The monoisotopic (exact) mass is 232 g/mol. The molecule has 1 atom stereocenters. The minimum atomic E-state index is -0.314. The van der Waals surface area contributed by atoms with Crippen molar-refractivity contribution in [3.05, 3.63) is 30.3 Å². The van der Waals surface area contributed by atoms with E-state index in [4.69, 9.17) is 4.74 Å². The fourth-order valence-electron chi connectivity index (χ4n) is 2.59. The minimum absolute atomic E-state index is 0.222. The summed E-state index contributed by atoms with van der Waals surface area (Å²) in [4.78, 5) is 13.7. The number of anilines is 1. The van der Waals surface area contributed by atoms with Crippen molar-refractivity contribution in [2.75, 3.05) is 24.5 Å². The van der Waals surface area contributed by atoms with Crippen LogP contribution >= 0.6 is 0 Å². The minimum Gasteiger partial charge on any atom is -0.439 e. The lowest BCUT2D eigenvalue weighted by atomic mass is 9.94. The van der Waals surface area contributed by atoms with Gasteiger partial charge >= 0.3 is 6.09 Å². The molecule has 0 aromatic heterocycles. The van der Waals surface area contributed by atoms with Gasteiger partial charge in [-0.2, -0.15) is 0 Å². The van der Waals surface area contributed by atoms with E-state index in [0.29, 0.717) is 6.54 Å². The van der Waals surface area contributed by atoms with Crippen LogP contribution in [0.25, 0.3) is 0 Å². The van der Waals surface area contributed by atoms with Crippen LogP contribution in [0.4, 0.5) is 10.5 Å². The molecule has 90 valence electrons. The maximum Gasteiger partial charge on any atom is 0.415 e. The van der Waals surface area contributed by atoms with E-state index >= 15 is 0 Å². The van der Waals surface area contributed by atoms with Crippen LogP contribution in [0.3, 0.4) is 0 Å². The standard InChI is InChI=1S/C13H16N2O2/c16-12-15(11-5-2-1-3-6-11)10-13(17-12)7-4-8-14-9-13/h1-3,5-6,14H,4,7-10H2. The Kier molecular flexibility index (Phi) is 2.52. The molecule has 0 aliphatic carbocycles. The smallest absolute Gasteiger partial charge is 0.415 e. The lowest BCUT2D eigenvalue weighted by Crippen LogP contribution is -2.48. The molecular weight excluding hydrogens is 216 g/mol. The predicted molar refractivity (Wildman–Crippen MR) is 65.1 cm³/mol. The number of hydrogen-bond donors (Lipinski definition) is 1. The van der Waals surface area contributed by atoms with Gasteiger partial charge < -0.3 is 10.1 Å². The van der Waals surface area contributed by atoms with Crippen molar-refractivity contribution in [2.24, 2.45) is 0 Å². The zero-order valence-corrected chi connectivity index (χ0v) is 9.69. The molecule has 1 aromatic carbocycles. The quantitative estimate of drug-likeness (QED) is 0.802. The van der Waals surface area contributed by atoms with Crippen molar-refractivity contribution in [1.82, 2.24) is 5.32 Å². The number of nitrogens with zero attached hydrogens (tertiary/aromatic N) is 1. The van der Waals surface area contributed by atoms with E-state index in [1.807, 2.05) is 30.3 Å². The summed E-state index contributed by atoms with van der Waals surface area (Å²) >= 11 is 0. The Morgan fingerprint density at radius 3 is 2.82 bits per heavy atom. The van der Waals surface area contributed by atoms with E-state index in [0.717, 1.165) is 31.6 Å². The molecule has 1 unspecified atom stereocenters. The van der Waals surface area contributed by atoms with E-state index < -0.39 is 0 Å². The zero-order chi connectivity index (χ0) is 11.7. The van der Waals surface area contributed by atoms with Crippen LogP contribution in [0.1, 0.15) is 12.8 Å². The number of para-hydroxylation sites is 1. The molecule has 2 fully saturated rings. The molecular formula is C13H16N2O2. The third-order valence-electron chi connectivity index (χ3n) is 3.47. The van der Waals surface area contributed by atoms with Crippen molar-refractivity contribution in [2.45, 2.75) is 18.4 Å². The Bertz CT molecular complexity index is 413. The molecule has 4 heteroatoms. The Hall–Kier alpha value is -1.55. The first-order valence-corrected chi connectivity index (χ1v) is 6.05. The highest BCUT2D eigenvalue weighted by Gasteiger charge is 2.46. The maximum absolute atomic E-state index is 11.9. The molecule has 2 heterocycles. The summed E-state index contributed by atoms with van der Waals surface area (Å²) in [5, 5.41) is 3.31. The van der Waals surface area contributed by atoms with Gasteiger partial charge in [-0.15, -0.1) is 0 Å². The second kappa shape index (κ2) is 4.04. The lowest BCUT2D eigenvalue weighted by Gasteiger charge is -2.31. The summed E-state index contributed by atoms with van der Waals surface area (Å²) in [5.41, 5.74) is 0.602. The van der Waals surface area contributed by atoms with Gasteiger partial charge in [0.15, 0.2) is 0 Å². The van der Waals surface area contributed by atoms with Gasteiger partial charge in [-0.05, 0) is 31.5 Å². The zero-order valence-electron chi connectivity index (χ0n) is 9.69. The second-order valence-electron chi connectivity index (χ2n) is 4.75. The van der Waals surface area contributed by atoms with Crippen LogP contribution in [0.2, 0.25) is 0 Å². The Morgan fingerprint density at radius 1 is 1.29 bits per heavy atom. The summed E-state index contributed by atoms with van der Waals surface area (Å²) in [5.74, 6) is 0. The number of ether oxygens (including phenoxy) is 1. The first-order chi connectivity index (χ1) is 8.29. The van der Waals surface area contributed by atoms with Gasteiger partial charge in [-0.3, -0.25) is 4.90 Å². The number of hydrogen-bond acceptors (Lipinski definition) is 3. The molecule has 1 aromatic rings. The van der Waals surface area contributed by atoms with Crippen molar-refractivity contribution < 1.29 is 9.53 Å². The van der Waals surface area contributed by atoms with Gasteiger partial charge in [-0.1, -0.05) is 18.2 Å².